The second kappa shape index (κ2) is 2.49. The van der Waals surface area contributed by atoms with Crippen LogP contribution in [0.1, 0.15) is 24.0 Å². The topological polar surface area (TPSA) is 51.8 Å². The highest BCUT2D eigenvalue weighted by molar-refractivity contribution is 5.43. The molecule has 1 aliphatic rings. The highest BCUT2D eigenvalue weighted by Crippen LogP contribution is 2.22. The van der Waals surface area contributed by atoms with Gasteiger partial charge in [-0.3, -0.25) is 0 Å². The van der Waals surface area contributed by atoms with E-state index in [0.29, 0.717) is 5.82 Å². The lowest BCUT2D eigenvalue weighted by Crippen LogP contribution is -2.08. The molecule has 0 saturated carbocycles. The summed E-state index contributed by atoms with van der Waals surface area (Å²) in [5, 5.41) is 7.64. The minimum Gasteiger partial charge on any atom is -0.382 e. The van der Waals surface area contributed by atoms with Crippen LogP contribution in [-0.2, 0) is 12.8 Å². The summed E-state index contributed by atoms with van der Waals surface area (Å²) in [6.07, 6.45) is 6.54. The summed E-state index contributed by atoms with van der Waals surface area (Å²) in [5.74, 6) is 0.627. The summed E-state index contributed by atoms with van der Waals surface area (Å²) in [6, 6.07) is 0. The molecule has 11 heavy (non-hydrogen) atoms. The van der Waals surface area contributed by atoms with E-state index in [1.54, 1.807) is 0 Å². The summed E-state index contributed by atoms with van der Waals surface area (Å²) in [4.78, 5) is 0. The number of rotatable bonds is 0. The third-order valence-electron chi connectivity index (χ3n) is 2.20. The van der Waals surface area contributed by atoms with Crippen LogP contribution in [0.15, 0.2) is 6.20 Å². The van der Waals surface area contributed by atoms with E-state index in [-0.39, 0.29) is 0 Å². The first-order valence-corrected chi connectivity index (χ1v) is 3.97. The van der Waals surface area contributed by atoms with E-state index in [4.69, 9.17) is 5.73 Å². The van der Waals surface area contributed by atoms with Crippen molar-refractivity contribution in [2.24, 2.45) is 0 Å². The molecule has 1 aromatic rings. The number of fused-ring (bicyclic) bond motifs is 1. The van der Waals surface area contributed by atoms with Crippen molar-refractivity contribution >= 4 is 5.82 Å². The predicted octanol–water partition coefficient (Wildman–Crippen LogP) is 0.938. The van der Waals surface area contributed by atoms with Crippen molar-refractivity contribution in [3.63, 3.8) is 0 Å². The van der Waals surface area contributed by atoms with Crippen LogP contribution in [0.5, 0.6) is 0 Å². The summed E-state index contributed by atoms with van der Waals surface area (Å²) >= 11 is 0. The molecule has 58 valence electrons. The molecule has 2 rings (SSSR count). The summed E-state index contributed by atoms with van der Waals surface area (Å²) in [5.41, 5.74) is 8.19. The van der Waals surface area contributed by atoms with Crippen molar-refractivity contribution in [3.05, 3.63) is 17.3 Å². The van der Waals surface area contributed by atoms with Crippen LogP contribution in [0.2, 0.25) is 0 Å². The number of hydrogen-bond donors (Lipinski definition) is 1. The van der Waals surface area contributed by atoms with Gasteiger partial charge in [-0.15, -0.1) is 5.10 Å². The molecule has 0 amide bonds. The minimum absolute atomic E-state index is 0.627. The Morgan fingerprint density at radius 1 is 1.27 bits per heavy atom. The monoisotopic (exact) mass is 149 g/mol. The van der Waals surface area contributed by atoms with E-state index in [2.05, 4.69) is 10.2 Å². The largest absolute Gasteiger partial charge is 0.382 e. The smallest absolute Gasteiger partial charge is 0.149 e. The van der Waals surface area contributed by atoms with E-state index in [1.165, 1.54) is 24.0 Å². The Labute approximate surface area is 65.6 Å². The molecule has 0 fully saturated rings. The van der Waals surface area contributed by atoms with Crippen LogP contribution >= 0.6 is 0 Å². The van der Waals surface area contributed by atoms with Gasteiger partial charge in [0.1, 0.15) is 5.82 Å². The zero-order chi connectivity index (χ0) is 7.68. The summed E-state index contributed by atoms with van der Waals surface area (Å²) < 4.78 is 0. The zero-order valence-corrected chi connectivity index (χ0v) is 6.38. The molecule has 2 N–H and O–H groups in total. The molecule has 0 radical (unpaired) electrons. The van der Waals surface area contributed by atoms with Gasteiger partial charge < -0.3 is 5.73 Å². The Hall–Kier alpha value is -1.12. The molecule has 0 unspecified atom stereocenters. The van der Waals surface area contributed by atoms with Crippen molar-refractivity contribution in [2.75, 3.05) is 5.73 Å². The molecule has 1 aliphatic carbocycles. The molecule has 0 atom stereocenters. The average molecular weight is 149 g/mol. The average Bonchev–Trinajstić information content (AvgIpc) is 2.06. The zero-order valence-electron chi connectivity index (χ0n) is 6.38. The van der Waals surface area contributed by atoms with Gasteiger partial charge in [-0.05, 0) is 31.2 Å². The van der Waals surface area contributed by atoms with Gasteiger partial charge in [0.2, 0.25) is 0 Å². The van der Waals surface area contributed by atoms with E-state index in [1.807, 2.05) is 6.20 Å². The third kappa shape index (κ3) is 1.06. The number of nitrogen functional groups attached to an aromatic ring is 1. The maximum absolute atomic E-state index is 5.67. The molecule has 0 aliphatic heterocycles. The van der Waals surface area contributed by atoms with Crippen molar-refractivity contribution < 1.29 is 0 Å². The van der Waals surface area contributed by atoms with Crippen LogP contribution in [0.3, 0.4) is 0 Å². The molecule has 0 spiro atoms. The Balaban J connectivity index is 2.49. The molecule has 0 bridgehead atoms. The molecule has 0 saturated heterocycles. The summed E-state index contributed by atoms with van der Waals surface area (Å²) in [7, 11) is 0. The molecule has 3 nitrogen and oxygen atoms in total. The van der Waals surface area contributed by atoms with Gasteiger partial charge >= 0.3 is 0 Å². The van der Waals surface area contributed by atoms with Gasteiger partial charge in [0.25, 0.3) is 0 Å². The van der Waals surface area contributed by atoms with Crippen LogP contribution in [-0.4, -0.2) is 10.2 Å². The highest BCUT2D eigenvalue weighted by atomic mass is 15.1. The molecule has 1 aromatic heterocycles. The van der Waals surface area contributed by atoms with Crippen LogP contribution in [0.4, 0.5) is 5.82 Å². The van der Waals surface area contributed by atoms with Gasteiger partial charge in [-0.1, -0.05) is 0 Å². The van der Waals surface area contributed by atoms with Crippen molar-refractivity contribution in [3.8, 4) is 0 Å². The van der Waals surface area contributed by atoms with Crippen molar-refractivity contribution in [2.45, 2.75) is 25.7 Å². The second-order valence-electron chi connectivity index (χ2n) is 2.94. The Morgan fingerprint density at radius 2 is 2.09 bits per heavy atom. The first kappa shape index (κ1) is 6.58. The Morgan fingerprint density at radius 3 is 2.91 bits per heavy atom. The molecule has 0 aromatic carbocycles. The SMILES string of the molecule is Nc1nncc2c1CCCC2. The fourth-order valence-electron chi connectivity index (χ4n) is 1.58. The maximum Gasteiger partial charge on any atom is 0.149 e. The predicted molar refractivity (Wildman–Crippen MR) is 43.1 cm³/mol. The van der Waals surface area contributed by atoms with Crippen molar-refractivity contribution in [1.29, 1.82) is 0 Å². The molecule has 1 heterocycles. The molecule has 3 heteroatoms. The normalized spacial score (nSPS) is 16.0. The lowest BCUT2D eigenvalue weighted by atomic mass is 9.94. The Kier molecular flexibility index (Phi) is 1.49. The van der Waals surface area contributed by atoms with Gasteiger partial charge in [-0.25, -0.2) is 0 Å². The van der Waals surface area contributed by atoms with E-state index >= 15 is 0 Å². The molecular weight excluding hydrogens is 138 g/mol. The number of aromatic nitrogens is 2. The van der Waals surface area contributed by atoms with Gasteiger partial charge in [0.15, 0.2) is 0 Å². The van der Waals surface area contributed by atoms with Gasteiger partial charge in [0, 0.05) is 5.56 Å². The second-order valence-corrected chi connectivity index (χ2v) is 2.94. The maximum atomic E-state index is 5.67. The number of hydrogen-bond acceptors (Lipinski definition) is 3. The van der Waals surface area contributed by atoms with Crippen LogP contribution in [0.25, 0.3) is 0 Å². The third-order valence-corrected chi connectivity index (χ3v) is 2.20. The fraction of sp³-hybridized carbons (Fsp3) is 0.500. The van der Waals surface area contributed by atoms with Crippen LogP contribution < -0.4 is 5.73 Å². The lowest BCUT2D eigenvalue weighted by Gasteiger charge is -2.14. The van der Waals surface area contributed by atoms with Gasteiger partial charge in [0.05, 0.1) is 6.20 Å². The quantitative estimate of drug-likeness (QED) is 0.597. The van der Waals surface area contributed by atoms with E-state index in [0.717, 1.165) is 12.8 Å². The van der Waals surface area contributed by atoms with E-state index < -0.39 is 0 Å². The number of nitrogens with zero attached hydrogens (tertiary/aromatic N) is 2. The Bertz CT molecular complexity index is 270. The highest BCUT2D eigenvalue weighted by Gasteiger charge is 2.12. The number of anilines is 1. The van der Waals surface area contributed by atoms with Gasteiger partial charge in [-0.2, -0.15) is 5.10 Å². The standard InChI is InChI=1S/C8H11N3/c9-8-7-4-2-1-3-6(7)5-10-11-8/h5H,1-4H2,(H2,9,11). The van der Waals surface area contributed by atoms with Crippen LogP contribution in [0, 0.1) is 0 Å². The number of nitrogens with two attached hydrogens (primary N) is 1. The molecular formula is C8H11N3. The van der Waals surface area contributed by atoms with Crippen molar-refractivity contribution in [1.82, 2.24) is 10.2 Å². The summed E-state index contributed by atoms with van der Waals surface area (Å²) in [6.45, 7) is 0. The lowest BCUT2D eigenvalue weighted by molar-refractivity contribution is 0.677. The first-order valence-electron chi connectivity index (χ1n) is 3.97. The first-order chi connectivity index (χ1) is 5.38. The number of aryl methyl sites for hydroxylation is 1. The minimum atomic E-state index is 0.627. The van der Waals surface area contributed by atoms with E-state index in [9.17, 15) is 0 Å². The fourth-order valence-corrected chi connectivity index (χ4v) is 1.58.